The first-order valence-corrected chi connectivity index (χ1v) is 22.3. The number of nitrogens with one attached hydrogen (secondary N) is 3. The van der Waals surface area contributed by atoms with E-state index in [0.717, 1.165) is 31.2 Å². The number of ether oxygens (including phenoxy) is 2. The highest BCUT2D eigenvalue weighted by atomic mass is 32.2. The lowest BCUT2D eigenvalue weighted by Crippen LogP contribution is -2.57. The smallest absolute Gasteiger partial charge is 0.264 e. The molecule has 1 aliphatic heterocycles. The molecule has 3 fully saturated rings. The summed E-state index contributed by atoms with van der Waals surface area (Å²) in [5.41, 5.74) is -0.588. The van der Waals surface area contributed by atoms with E-state index in [1.165, 1.54) is 53.7 Å². The van der Waals surface area contributed by atoms with Crippen molar-refractivity contribution in [3.05, 3.63) is 72.6 Å². The molecule has 0 unspecified atom stereocenters. The van der Waals surface area contributed by atoms with Crippen LogP contribution in [0.2, 0.25) is 0 Å². The van der Waals surface area contributed by atoms with E-state index in [9.17, 15) is 32.7 Å². The highest BCUT2D eigenvalue weighted by Crippen LogP contribution is 2.45. The van der Waals surface area contributed by atoms with Crippen LogP contribution in [0.25, 0.3) is 22.2 Å². The normalized spacial score (nSPS) is 22.2. The first kappa shape index (κ1) is 42.7. The van der Waals surface area contributed by atoms with Crippen LogP contribution in [0, 0.1) is 17.3 Å². The first-order valence-electron chi connectivity index (χ1n) is 20.0. The number of fused-ring (bicyclic) bond motifs is 1. The second-order valence-corrected chi connectivity index (χ2v) is 19.4. The van der Waals surface area contributed by atoms with Crippen molar-refractivity contribution < 1.29 is 42.2 Å². The van der Waals surface area contributed by atoms with E-state index >= 15 is 0 Å². The Labute approximate surface area is 353 Å². The molecule has 5 atom stereocenters. The Hall–Kier alpha value is -5.39. The lowest BCUT2D eigenvalue weighted by molar-refractivity contribution is -0.150. The van der Waals surface area contributed by atoms with Crippen molar-refractivity contribution in [2.75, 3.05) is 19.0 Å². The van der Waals surface area contributed by atoms with Gasteiger partial charge in [0.25, 0.3) is 21.8 Å². The number of methoxy groups -OCH3 is 1. The van der Waals surface area contributed by atoms with E-state index in [4.69, 9.17) is 9.47 Å². The molecule has 4 N–H and O–H groups in total. The Kier molecular flexibility index (Phi) is 12.1. The third-order valence-corrected chi connectivity index (χ3v) is 13.6. The summed E-state index contributed by atoms with van der Waals surface area (Å²) in [5.74, 6) is -1.94. The molecule has 4 amide bonds. The van der Waals surface area contributed by atoms with Gasteiger partial charge < -0.3 is 30.1 Å². The van der Waals surface area contributed by atoms with Gasteiger partial charge in [-0.05, 0) is 54.9 Å². The number of carbonyl (C=O) groups excluding carboxylic acids is 4. The van der Waals surface area contributed by atoms with Crippen LogP contribution < -0.4 is 24.8 Å². The first-order chi connectivity index (χ1) is 28.5. The van der Waals surface area contributed by atoms with Gasteiger partial charge in [-0.2, -0.15) is 0 Å². The van der Waals surface area contributed by atoms with Crippen LogP contribution >= 0.6 is 11.3 Å². The number of aliphatic hydroxyl groups excluding tert-OH is 1. The summed E-state index contributed by atoms with van der Waals surface area (Å²) in [4.78, 5) is 64.9. The highest BCUT2D eigenvalue weighted by Gasteiger charge is 2.61. The van der Waals surface area contributed by atoms with Gasteiger partial charge in [0.1, 0.15) is 29.5 Å². The Bertz CT molecular complexity index is 2410. The van der Waals surface area contributed by atoms with Gasteiger partial charge in [-0.15, -0.1) is 17.9 Å². The van der Waals surface area contributed by atoms with Crippen molar-refractivity contribution in [1.82, 2.24) is 24.9 Å². The van der Waals surface area contributed by atoms with Crippen molar-refractivity contribution in [1.29, 1.82) is 0 Å². The number of aromatic nitrogens is 2. The summed E-state index contributed by atoms with van der Waals surface area (Å²) in [6, 6.07) is 13.3. The quantitative estimate of drug-likeness (QED) is 0.121. The second kappa shape index (κ2) is 16.9. The molecule has 318 valence electrons. The number of sulfonamides is 1. The molecule has 4 aromatic rings. The minimum absolute atomic E-state index is 0.0223. The van der Waals surface area contributed by atoms with Crippen LogP contribution in [0.15, 0.2) is 77.5 Å². The van der Waals surface area contributed by atoms with Gasteiger partial charge >= 0.3 is 0 Å². The van der Waals surface area contributed by atoms with Gasteiger partial charge in [-0.3, -0.25) is 19.2 Å². The Morgan fingerprint density at radius 1 is 1.08 bits per heavy atom. The van der Waals surface area contributed by atoms with E-state index in [1.54, 1.807) is 32.9 Å². The van der Waals surface area contributed by atoms with E-state index in [1.807, 2.05) is 23.6 Å². The van der Waals surface area contributed by atoms with Crippen LogP contribution in [0.3, 0.4) is 0 Å². The number of anilines is 1. The molecule has 7 rings (SSSR count). The minimum Gasteiger partial charge on any atom is -0.488 e. The lowest BCUT2D eigenvalue weighted by atomic mass is 9.88. The fourth-order valence-corrected chi connectivity index (χ4v) is 9.73. The fourth-order valence-electron chi connectivity index (χ4n) is 7.94. The Morgan fingerprint density at radius 3 is 2.48 bits per heavy atom. The standard InChI is InChI=1S/C43H50N6O9S2/c1-6-27-22-43(27,40(54)48-60(55,56)29-14-8-7-9-15-29)47-38(52)33-20-28(23-49(33)39(53)37(51)42(2,3)4)58-34-21-36(57-5)44-31-19-26(16-17-30(31)34)32-24-59-41(45-32)46-35(50)18-25-12-10-11-13-25/h6-9,14-17,19,21,24-25,27-28,33,37,51H,1,10-13,18,20,22-23H2,2-5H3,(H,47,52)(H,48,54)(H,45,46,50)/t27-,28-,33-,37-,43-/m1/s1. The number of benzene rings is 2. The molecule has 0 radical (unpaired) electrons. The minimum atomic E-state index is -4.27. The number of thiazole rings is 1. The third-order valence-electron chi connectivity index (χ3n) is 11.5. The van der Waals surface area contributed by atoms with Gasteiger partial charge in [0, 0.05) is 41.2 Å². The maximum atomic E-state index is 14.2. The highest BCUT2D eigenvalue weighted by molar-refractivity contribution is 7.90. The topological polar surface area (TPSA) is 206 Å². The van der Waals surface area contributed by atoms with E-state index in [-0.39, 0.29) is 36.1 Å². The average Bonchev–Trinajstić information content (AvgIpc) is 3.63. The fraction of sp³-hybridized carbons (Fsp3) is 0.442. The summed E-state index contributed by atoms with van der Waals surface area (Å²) in [7, 11) is -2.80. The number of amides is 4. The number of carbonyl (C=O) groups is 4. The van der Waals surface area contributed by atoms with E-state index < -0.39 is 62.9 Å². The third kappa shape index (κ3) is 9.02. The maximum absolute atomic E-state index is 14.2. The molecule has 15 nitrogen and oxygen atoms in total. The SMILES string of the molecule is C=C[C@@H]1C[C@]1(NC(=O)[C@H]1C[C@@H](Oc2cc(OC)nc3cc(-c4csc(NC(=O)CC5CCCC5)n4)ccc23)CN1C(=O)[C@@H](O)C(C)(C)C)C(=O)NS(=O)(=O)c1ccccc1. The monoisotopic (exact) mass is 858 g/mol. The summed E-state index contributed by atoms with van der Waals surface area (Å²) >= 11 is 1.34. The summed E-state index contributed by atoms with van der Waals surface area (Å²) in [5, 5.41) is 19.8. The Morgan fingerprint density at radius 2 is 1.82 bits per heavy atom. The molecule has 1 saturated heterocycles. The molecule has 2 saturated carbocycles. The van der Waals surface area contributed by atoms with Gasteiger partial charge in [-0.25, -0.2) is 23.1 Å². The lowest BCUT2D eigenvalue weighted by Gasteiger charge is -2.32. The predicted octanol–water partition coefficient (Wildman–Crippen LogP) is 5.21. The molecular formula is C43H50N6O9S2. The van der Waals surface area contributed by atoms with Crippen molar-refractivity contribution >= 4 is 61.0 Å². The number of pyridine rings is 1. The molecule has 2 aromatic carbocycles. The van der Waals surface area contributed by atoms with E-state index in [0.29, 0.717) is 39.8 Å². The molecule has 60 heavy (non-hydrogen) atoms. The molecule has 3 aliphatic rings. The summed E-state index contributed by atoms with van der Waals surface area (Å²) in [6.45, 7) is 8.77. The van der Waals surface area contributed by atoms with Crippen LogP contribution in [-0.4, -0.2) is 89.5 Å². The number of hydrogen-bond acceptors (Lipinski definition) is 12. The molecule has 3 heterocycles. The second-order valence-electron chi connectivity index (χ2n) is 16.8. The number of likely N-dealkylation sites (tertiary alicyclic amines) is 1. The van der Waals surface area contributed by atoms with Gasteiger partial charge in [0.15, 0.2) is 5.13 Å². The van der Waals surface area contributed by atoms with Gasteiger partial charge in [0.2, 0.25) is 17.7 Å². The molecule has 17 heteroatoms. The largest absolute Gasteiger partial charge is 0.488 e. The van der Waals surface area contributed by atoms with Crippen molar-refractivity contribution in [2.45, 2.75) is 94.4 Å². The van der Waals surface area contributed by atoms with Gasteiger partial charge in [0.05, 0.1) is 29.8 Å². The molecule has 2 aromatic heterocycles. The zero-order valence-corrected chi connectivity index (χ0v) is 35.6. The zero-order chi connectivity index (χ0) is 43.0. The van der Waals surface area contributed by atoms with Crippen LogP contribution in [-0.2, 0) is 29.2 Å². The van der Waals surface area contributed by atoms with Crippen LogP contribution in [0.5, 0.6) is 11.6 Å². The number of hydrogen-bond donors (Lipinski definition) is 4. The summed E-state index contributed by atoms with van der Waals surface area (Å²) < 4.78 is 40.4. The molecular weight excluding hydrogens is 809 g/mol. The Balaban J connectivity index is 1.11. The number of nitrogens with zero attached hydrogens (tertiary/aromatic N) is 3. The average molecular weight is 859 g/mol. The number of aliphatic hydroxyl groups is 1. The van der Waals surface area contributed by atoms with Crippen LogP contribution in [0.4, 0.5) is 5.13 Å². The van der Waals surface area contributed by atoms with Gasteiger partial charge in [-0.1, -0.05) is 64.0 Å². The van der Waals surface area contributed by atoms with Crippen molar-refractivity contribution in [3.8, 4) is 22.9 Å². The maximum Gasteiger partial charge on any atom is 0.264 e. The van der Waals surface area contributed by atoms with Crippen molar-refractivity contribution in [3.63, 3.8) is 0 Å². The van der Waals surface area contributed by atoms with Crippen molar-refractivity contribution in [2.24, 2.45) is 17.3 Å². The molecule has 2 aliphatic carbocycles. The van der Waals surface area contributed by atoms with Crippen LogP contribution in [0.1, 0.15) is 65.7 Å². The molecule has 0 spiro atoms. The summed E-state index contributed by atoms with van der Waals surface area (Å²) in [6.07, 6.45) is 4.26. The molecule has 0 bridgehead atoms. The zero-order valence-electron chi connectivity index (χ0n) is 34.0. The predicted molar refractivity (Wildman–Crippen MR) is 226 cm³/mol. The van der Waals surface area contributed by atoms with E-state index in [2.05, 4.69) is 31.9 Å². The number of rotatable bonds is 14.